The van der Waals surface area contributed by atoms with Crippen LogP contribution < -0.4 is 20.5 Å². The Balaban J connectivity index is 2.18. The third kappa shape index (κ3) is 3.70. The number of fused-ring (bicyclic) bond motifs is 1. The number of carbonyl (C=O) groups excluding carboxylic acids is 1. The lowest BCUT2D eigenvalue weighted by Crippen LogP contribution is -2.40. The summed E-state index contributed by atoms with van der Waals surface area (Å²) >= 11 is 13.1. The van der Waals surface area contributed by atoms with Crippen molar-refractivity contribution in [3.05, 3.63) is 94.3 Å². The fourth-order valence-electron chi connectivity index (χ4n) is 3.71. The van der Waals surface area contributed by atoms with Crippen LogP contribution >= 0.6 is 34.5 Å². The van der Waals surface area contributed by atoms with Gasteiger partial charge < -0.3 is 10.5 Å². The Morgan fingerprint density at radius 1 is 1.21 bits per heavy atom. The molecule has 0 bridgehead atoms. The van der Waals surface area contributed by atoms with E-state index in [0.29, 0.717) is 0 Å². The van der Waals surface area contributed by atoms with E-state index in [1.807, 2.05) is 6.07 Å². The molecule has 1 aromatic heterocycles. The van der Waals surface area contributed by atoms with Crippen molar-refractivity contribution in [3.63, 3.8) is 0 Å². The zero-order chi connectivity index (χ0) is 24.7. The lowest BCUT2D eigenvalue weighted by molar-refractivity contribution is -0.134. The highest BCUT2D eigenvalue weighted by Gasteiger charge is 2.38. The van der Waals surface area contributed by atoms with Crippen LogP contribution in [0.2, 0.25) is 10.0 Å². The number of hydrogen-bond donors (Lipinski definition) is 1. The van der Waals surface area contributed by atoms with Gasteiger partial charge in [0.2, 0.25) is 0 Å². The minimum atomic E-state index is -1.34. The summed E-state index contributed by atoms with van der Waals surface area (Å²) in [5, 5.41) is 9.88. The average molecular weight is 520 g/mol. The number of esters is 1. The van der Waals surface area contributed by atoms with E-state index in [1.54, 1.807) is 0 Å². The molecule has 34 heavy (non-hydrogen) atoms. The van der Waals surface area contributed by atoms with Gasteiger partial charge in [0.05, 0.1) is 39.8 Å². The van der Waals surface area contributed by atoms with Crippen LogP contribution in [0, 0.1) is 23.0 Å². The van der Waals surface area contributed by atoms with Gasteiger partial charge in [-0.05, 0) is 30.3 Å². The van der Waals surface area contributed by atoms with E-state index >= 15 is 0 Å². The molecule has 4 rings (SSSR count). The molecule has 0 fully saturated rings. The number of hydrogen-bond acceptors (Lipinski definition) is 6. The number of nitrogens with two attached hydrogens (primary N) is 1. The molecule has 172 valence electrons. The van der Waals surface area contributed by atoms with Crippen molar-refractivity contribution in [1.82, 2.24) is 4.57 Å². The maximum absolute atomic E-state index is 14.9. The molecule has 0 radical (unpaired) electrons. The third-order valence-electron chi connectivity index (χ3n) is 5.24. The van der Waals surface area contributed by atoms with Crippen LogP contribution in [0.25, 0.3) is 17.5 Å². The monoisotopic (exact) mass is 519 g/mol. The smallest absolute Gasteiger partial charge is 0.337 e. The first-order valence-corrected chi connectivity index (χ1v) is 11.1. The third-order valence-corrected chi connectivity index (χ3v) is 7.00. The van der Waals surface area contributed by atoms with Gasteiger partial charge in [0, 0.05) is 16.1 Å². The largest absolute Gasteiger partial charge is 0.466 e. The fraction of sp³-hybridized carbons (Fsp3) is 0.0870. The molecule has 0 spiro atoms. The molecule has 0 amide bonds. The summed E-state index contributed by atoms with van der Waals surface area (Å²) in [5.41, 5.74) is 4.78. The van der Waals surface area contributed by atoms with E-state index in [2.05, 4.69) is 0 Å². The molecule has 2 N–H and O–H groups in total. The van der Waals surface area contributed by atoms with E-state index < -0.39 is 29.1 Å². The summed E-state index contributed by atoms with van der Waals surface area (Å²) in [6.45, 7) is 0. The summed E-state index contributed by atoms with van der Waals surface area (Å²) < 4.78 is 35.1. The van der Waals surface area contributed by atoms with Gasteiger partial charge in [-0.1, -0.05) is 35.3 Å². The van der Waals surface area contributed by atoms with Gasteiger partial charge in [-0.3, -0.25) is 9.36 Å². The molecule has 0 unspecified atom stereocenters. The molecule has 0 saturated carbocycles. The molecule has 0 aliphatic carbocycles. The van der Waals surface area contributed by atoms with Crippen LogP contribution in [0.4, 0.5) is 8.78 Å². The van der Waals surface area contributed by atoms with Crippen molar-refractivity contribution in [2.24, 2.45) is 5.73 Å². The number of benzene rings is 2. The van der Waals surface area contributed by atoms with Crippen LogP contribution in [-0.2, 0) is 9.53 Å². The minimum Gasteiger partial charge on any atom is -0.466 e. The van der Waals surface area contributed by atoms with Crippen LogP contribution in [0.15, 0.2) is 46.8 Å². The van der Waals surface area contributed by atoms with E-state index in [9.17, 15) is 23.6 Å². The molecule has 2 aromatic carbocycles. The zero-order valence-electron chi connectivity index (χ0n) is 17.2. The topological polar surface area (TPSA) is 98.1 Å². The van der Waals surface area contributed by atoms with Crippen molar-refractivity contribution >= 4 is 58.0 Å². The molecule has 2 heterocycles. The number of rotatable bonds is 3. The van der Waals surface area contributed by atoms with E-state index in [-0.39, 0.29) is 47.3 Å². The lowest BCUT2D eigenvalue weighted by atomic mass is 9.83. The fourth-order valence-corrected chi connectivity index (χ4v) is 5.35. The normalized spacial score (nSPS) is 15.8. The maximum Gasteiger partial charge on any atom is 0.337 e. The second kappa shape index (κ2) is 9.06. The van der Waals surface area contributed by atoms with Gasteiger partial charge in [-0.2, -0.15) is 5.26 Å². The molecular weight excluding hydrogens is 507 g/mol. The van der Waals surface area contributed by atoms with Crippen LogP contribution in [-0.4, -0.2) is 17.6 Å². The van der Waals surface area contributed by atoms with Gasteiger partial charge in [-0.25, -0.2) is 13.6 Å². The van der Waals surface area contributed by atoms with Crippen LogP contribution in [0.5, 0.6) is 0 Å². The average Bonchev–Trinajstić information content (AvgIpc) is 3.12. The highest BCUT2D eigenvalue weighted by molar-refractivity contribution is 7.07. The van der Waals surface area contributed by atoms with Crippen molar-refractivity contribution in [1.29, 1.82) is 5.26 Å². The summed E-state index contributed by atoms with van der Waals surface area (Å²) in [6, 6.07) is 9.79. The molecular formula is C23H13Cl2F2N3O3S. The van der Waals surface area contributed by atoms with E-state index in [0.717, 1.165) is 29.1 Å². The second-order valence-electron chi connectivity index (χ2n) is 7.08. The Labute approximate surface area is 205 Å². The molecule has 3 aromatic rings. The van der Waals surface area contributed by atoms with Gasteiger partial charge in [-0.15, -0.1) is 11.3 Å². The number of carbonyl (C=O) groups is 1. The first-order chi connectivity index (χ1) is 16.2. The van der Waals surface area contributed by atoms with E-state index in [4.69, 9.17) is 33.7 Å². The molecule has 0 saturated heterocycles. The number of ether oxygens (including phenoxy) is 1. The number of aromatic nitrogens is 1. The van der Waals surface area contributed by atoms with Crippen molar-refractivity contribution in [3.8, 4) is 6.07 Å². The molecule has 1 atom stereocenters. The van der Waals surface area contributed by atoms with E-state index in [1.165, 1.54) is 36.4 Å². The summed E-state index contributed by atoms with van der Waals surface area (Å²) in [7, 11) is 1.10. The summed E-state index contributed by atoms with van der Waals surface area (Å²) in [5.74, 6) is -4.02. The van der Waals surface area contributed by atoms with Gasteiger partial charge in [0.1, 0.15) is 22.1 Å². The Hall–Kier alpha value is -3.45. The van der Waals surface area contributed by atoms with Crippen molar-refractivity contribution < 1.29 is 18.3 Å². The summed E-state index contributed by atoms with van der Waals surface area (Å²) in [6.07, 6.45) is 1.22. The zero-order valence-corrected chi connectivity index (χ0v) is 19.6. The second-order valence-corrected chi connectivity index (χ2v) is 8.92. The lowest BCUT2D eigenvalue weighted by Gasteiger charge is -2.25. The molecule has 6 nitrogen and oxygen atoms in total. The van der Waals surface area contributed by atoms with Gasteiger partial charge in [0.25, 0.3) is 5.56 Å². The highest BCUT2D eigenvalue weighted by Crippen LogP contribution is 2.40. The molecule has 1 aliphatic heterocycles. The highest BCUT2D eigenvalue weighted by atomic mass is 35.5. The Bertz CT molecular complexity index is 1580. The standard InChI is InChI=1S/C23H13Cl2F2N3O3S/c1-33-23(32)19-17(18-13(25)5-3-7-15(18)27)11(9-28)20(29)30-21(31)16(34-22(19)30)8-10-12(24)4-2-6-14(10)26/h2-8,17H,29H2,1H3/b16-8-/t17-/m1/s1. The number of methoxy groups -OCH3 is 1. The van der Waals surface area contributed by atoms with Gasteiger partial charge >= 0.3 is 5.97 Å². The maximum atomic E-state index is 14.9. The first-order valence-electron chi connectivity index (χ1n) is 9.55. The Morgan fingerprint density at radius 2 is 1.85 bits per heavy atom. The Morgan fingerprint density at radius 3 is 2.44 bits per heavy atom. The van der Waals surface area contributed by atoms with Crippen molar-refractivity contribution in [2.75, 3.05) is 7.11 Å². The van der Waals surface area contributed by atoms with Crippen LogP contribution in [0.1, 0.15) is 17.0 Å². The number of allylic oxidation sites excluding steroid dienone is 1. The van der Waals surface area contributed by atoms with Gasteiger partial charge in [0.15, 0.2) is 0 Å². The summed E-state index contributed by atoms with van der Waals surface area (Å²) in [4.78, 5) is 26.1. The molecule has 1 aliphatic rings. The van der Waals surface area contributed by atoms with Crippen molar-refractivity contribution in [2.45, 2.75) is 5.92 Å². The quantitative estimate of drug-likeness (QED) is 0.536. The first kappa shape index (κ1) is 23.7. The SMILES string of the molecule is COC(=O)C1=c2s/c(=C\c3c(F)cccc3Cl)c(=O)n2C(N)=C(C#N)[C@@H]1c1c(F)cccc1Cl. The van der Waals surface area contributed by atoms with Crippen LogP contribution in [0.3, 0.4) is 0 Å². The number of nitrogens with zero attached hydrogens (tertiary/aromatic N) is 2. The predicted molar refractivity (Wildman–Crippen MR) is 125 cm³/mol. The number of nitriles is 1. The Kier molecular flexibility index (Phi) is 6.32. The predicted octanol–water partition coefficient (Wildman–Crippen LogP) is 3.10. The molecule has 11 heteroatoms. The number of halogens is 4. The number of thiazole rings is 1. The minimum absolute atomic E-state index is 0.00335.